The molecule has 0 N–H and O–H groups in total. The van der Waals surface area contributed by atoms with Crippen molar-refractivity contribution in [2.75, 3.05) is 12.3 Å². The Morgan fingerprint density at radius 1 is 1.58 bits per heavy atom. The number of allylic oxidation sites excluding steroid dienone is 1. The fourth-order valence-electron chi connectivity index (χ4n) is 1.53. The second-order valence-corrected chi connectivity index (χ2v) is 4.08. The molecule has 3 heterocycles. The maximum absolute atomic E-state index is 5.22. The Kier molecular flexibility index (Phi) is 1.26. The van der Waals surface area contributed by atoms with Gasteiger partial charge in [0, 0.05) is 23.3 Å². The molecule has 3 aliphatic rings. The van der Waals surface area contributed by atoms with Crippen LogP contribution in [0.5, 0.6) is 0 Å². The number of nitrogens with zero attached hydrogens (tertiary/aromatic N) is 2. The van der Waals surface area contributed by atoms with Crippen LogP contribution in [-0.2, 0) is 4.74 Å². The van der Waals surface area contributed by atoms with E-state index in [-0.39, 0.29) is 0 Å². The predicted molar refractivity (Wildman–Crippen MR) is 48.5 cm³/mol. The first-order chi connectivity index (χ1) is 5.93. The summed E-state index contributed by atoms with van der Waals surface area (Å²) in [6.45, 7) is 0.954. The smallest absolute Gasteiger partial charge is 0.301 e. The van der Waals surface area contributed by atoms with Gasteiger partial charge in [0.25, 0.3) is 0 Å². The van der Waals surface area contributed by atoms with Gasteiger partial charge in [0.2, 0.25) is 0 Å². The summed E-state index contributed by atoms with van der Waals surface area (Å²) in [5.74, 6) is 1.18. The van der Waals surface area contributed by atoms with E-state index >= 15 is 0 Å². The van der Waals surface area contributed by atoms with Gasteiger partial charge < -0.3 is 4.74 Å². The van der Waals surface area contributed by atoms with Crippen LogP contribution in [0.1, 0.15) is 6.42 Å². The average molecular weight is 180 g/mol. The normalized spacial score (nSPS) is 25.3. The second-order valence-electron chi connectivity index (χ2n) is 2.89. The largest absolute Gasteiger partial charge is 0.432 e. The summed E-state index contributed by atoms with van der Waals surface area (Å²) in [5.41, 5.74) is 1.23. The zero-order valence-corrected chi connectivity index (χ0v) is 7.30. The van der Waals surface area contributed by atoms with Crippen LogP contribution in [0.25, 0.3) is 0 Å². The third kappa shape index (κ3) is 0.813. The molecule has 0 bridgehead atoms. The number of amidine groups is 1. The van der Waals surface area contributed by atoms with Crippen molar-refractivity contribution in [3.05, 3.63) is 23.1 Å². The molecule has 3 aliphatic heterocycles. The number of rotatable bonds is 0. The van der Waals surface area contributed by atoms with Crippen LogP contribution >= 0.6 is 11.8 Å². The van der Waals surface area contributed by atoms with Gasteiger partial charge in [-0.2, -0.15) is 0 Å². The van der Waals surface area contributed by atoms with Gasteiger partial charge in [0.05, 0.1) is 12.2 Å². The Morgan fingerprint density at radius 2 is 2.58 bits per heavy atom. The van der Waals surface area contributed by atoms with Gasteiger partial charge in [-0.1, -0.05) is 0 Å². The lowest BCUT2D eigenvalue weighted by atomic mass is 10.3. The molecule has 0 unspecified atom stereocenters. The first kappa shape index (κ1) is 6.60. The molecular weight excluding hydrogens is 172 g/mol. The highest BCUT2D eigenvalue weighted by Gasteiger charge is 2.27. The van der Waals surface area contributed by atoms with E-state index in [1.165, 1.54) is 16.4 Å². The van der Waals surface area contributed by atoms with E-state index in [4.69, 9.17) is 4.74 Å². The monoisotopic (exact) mass is 180 g/mol. The van der Waals surface area contributed by atoms with E-state index in [1.807, 2.05) is 22.9 Å². The Labute approximate surface area is 74.8 Å². The van der Waals surface area contributed by atoms with Crippen LogP contribution in [-0.4, -0.2) is 23.2 Å². The Morgan fingerprint density at radius 3 is 3.58 bits per heavy atom. The highest BCUT2D eigenvalue weighted by atomic mass is 32.2. The number of aliphatic imine (C=N–C) groups is 1. The van der Waals surface area contributed by atoms with E-state index in [9.17, 15) is 0 Å². The molecule has 0 amide bonds. The minimum atomic E-state index is 0.747. The fraction of sp³-hybridized carbons (Fsp3) is 0.375. The van der Waals surface area contributed by atoms with Crippen molar-refractivity contribution >= 4 is 17.8 Å². The van der Waals surface area contributed by atoms with Gasteiger partial charge in [-0.15, -0.1) is 11.8 Å². The second kappa shape index (κ2) is 2.29. The fourth-order valence-corrected chi connectivity index (χ4v) is 2.61. The van der Waals surface area contributed by atoms with Crippen molar-refractivity contribution in [1.82, 2.24) is 4.90 Å². The van der Waals surface area contributed by atoms with Gasteiger partial charge in [-0.3, -0.25) is 4.90 Å². The number of hydrogen-bond donors (Lipinski definition) is 0. The number of thioether (sulfide) groups is 1. The molecule has 3 rings (SSSR count). The van der Waals surface area contributed by atoms with Crippen molar-refractivity contribution < 1.29 is 4.74 Å². The Balaban J connectivity index is 1.99. The minimum absolute atomic E-state index is 0.747. The molecule has 62 valence electrons. The maximum Gasteiger partial charge on any atom is 0.301 e. The molecular formula is C8H8N2OS. The molecule has 0 aromatic carbocycles. The summed E-state index contributed by atoms with van der Waals surface area (Å²) >= 11 is 1.92. The van der Waals surface area contributed by atoms with E-state index in [1.54, 1.807) is 6.26 Å². The molecule has 0 aliphatic carbocycles. The zero-order valence-electron chi connectivity index (χ0n) is 6.49. The van der Waals surface area contributed by atoms with Crippen molar-refractivity contribution in [2.24, 2.45) is 4.99 Å². The molecule has 0 spiro atoms. The van der Waals surface area contributed by atoms with Gasteiger partial charge in [0.1, 0.15) is 6.26 Å². The highest BCUT2D eigenvalue weighted by Crippen LogP contribution is 2.36. The molecule has 0 aromatic heterocycles. The van der Waals surface area contributed by atoms with Crippen LogP contribution in [0.4, 0.5) is 0 Å². The Bertz CT molecular complexity index is 319. The van der Waals surface area contributed by atoms with E-state index in [0.717, 1.165) is 19.0 Å². The van der Waals surface area contributed by atoms with Gasteiger partial charge >= 0.3 is 6.02 Å². The summed E-state index contributed by atoms with van der Waals surface area (Å²) in [7, 11) is 0. The zero-order chi connectivity index (χ0) is 7.97. The quantitative estimate of drug-likeness (QED) is 0.565. The predicted octanol–water partition coefficient (Wildman–Crippen LogP) is 1.51. The summed E-state index contributed by atoms with van der Waals surface area (Å²) in [6, 6.07) is 0.747. The Hall–Kier alpha value is -0.900. The molecule has 0 atom stereocenters. The van der Waals surface area contributed by atoms with Crippen molar-refractivity contribution in [2.45, 2.75) is 6.42 Å². The lowest BCUT2D eigenvalue weighted by Gasteiger charge is -2.19. The van der Waals surface area contributed by atoms with Crippen LogP contribution in [0.3, 0.4) is 0 Å². The van der Waals surface area contributed by atoms with Gasteiger partial charge in [-0.05, 0) is 0 Å². The number of fused-ring (bicyclic) bond motifs is 1. The van der Waals surface area contributed by atoms with Crippen molar-refractivity contribution in [3.63, 3.8) is 0 Å². The molecule has 12 heavy (non-hydrogen) atoms. The van der Waals surface area contributed by atoms with Crippen LogP contribution in [0, 0.1) is 0 Å². The third-order valence-electron chi connectivity index (χ3n) is 2.14. The molecule has 0 fully saturated rings. The third-order valence-corrected chi connectivity index (χ3v) is 3.26. The van der Waals surface area contributed by atoms with Crippen LogP contribution in [0.2, 0.25) is 0 Å². The van der Waals surface area contributed by atoms with Gasteiger partial charge in [0.15, 0.2) is 0 Å². The minimum Gasteiger partial charge on any atom is -0.432 e. The number of ether oxygens (including phenoxy) is 1. The van der Waals surface area contributed by atoms with E-state index in [2.05, 4.69) is 4.99 Å². The maximum atomic E-state index is 5.22. The highest BCUT2D eigenvalue weighted by molar-refractivity contribution is 8.03. The first-order valence-electron chi connectivity index (χ1n) is 3.97. The van der Waals surface area contributed by atoms with Gasteiger partial charge in [-0.25, -0.2) is 4.99 Å². The molecule has 0 saturated carbocycles. The topological polar surface area (TPSA) is 24.8 Å². The summed E-state index contributed by atoms with van der Waals surface area (Å²) in [5, 5.41) is 0. The SMILES string of the molecule is C1=CN2CC3=C(CCS3)N=C2O1. The first-order valence-corrected chi connectivity index (χ1v) is 4.95. The lowest BCUT2D eigenvalue weighted by Crippen LogP contribution is -2.27. The van der Waals surface area contributed by atoms with Crippen LogP contribution < -0.4 is 0 Å². The van der Waals surface area contributed by atoms with Crippen molar-refractivity contribution in [1.29, 1.82) is 0 Å². The summed E-state index contributed by atoms with van der Waals surface area (Å²) in [6.07, 6.45) is 4.72. The molecule has 3 nitrogen and oxygen atoms in total. The molecule has 0 aromatic rings. The summed E-state index contributed by atoms with van der Waals surface area (Å²) < 4.78 is 5.22. The van der Waals surface area contributed by atoms with Crippen LogP contribution in [0.15, 0.2) is 28.1 Å². The standard InChI is InChI=1S/C8H8N2OS/c1-4-12-7-5-10-2-3-11-8(10)9-6(1)7/h2-3H,1,4-5H2. The molecule has 4 heteroatoms. The molecule has 0 radical (unpaired) electrons. The summed E-state index contributed by atoms with van der Waals surface area (Å²) in [4.78, 5) is 7.87. The lowest BCUT2D eigenvalue weighted by molar-refractivity contribution is 0.426. The molecule has 0 saturated heterocycles. The average Bonchev–Trinajstić information content (AvgIpc) is 2.64. The van der Waals surface area contributed by atoms with Crippen molar-refractivity contribution in [3.8, 4) is 0 Å². The van der Waals surface area contributed by atoms with E-state index in [0.29, 0.717) is 0 Å². The number of hydrogen-bond acceptors (Lipinski definition) is 4. The van der Waals surface area contributed by atoms with E-state index < -0.39 is 0 Å².